The Morgan fingerprint density at radius 3 is 2.74 bits per heavy atom. The fraction of sp³-hybridized carbons (Fsp3) is 0.682. The molecule has 9 heteroatoms. The van der Waals surface area contributed by atoms with E-state index in [2.05, 4.69) is 17.6 Å². The second-order valence-electron chi connectivity index (χ2n) is 8.05. The number of rotatable bonds is 11. The van der Waals surface area contributed by atoms with Crippen LogP contribution in [0.2, 0.25) is 0 Å². The van der Waals surface area contributed by atoms with Crippen molar-refractivity contribution in [3.05, 3.63) is 16.0 Å². The molecule has 2 atom stereocenters. The van der Waals surface area contributed by atoms with Gasteiger partial charge in [-0.05, 0) is 58.1 Å². The first kappa shape index (κ1) is 25.3. The molecular formula is C22H35N3O5S. The fourth-order valence-corrected chi connectivity index (χ4v) is 4.94. The van der Waals surface area contributed by atoms with Gasteiger partial charge in [0.2, 0.25) is 11.8 Å². The highest BCUT2D eigenvalue weighted by Crippen LogP contribution is 2.40. The molecule has 0 fully saturated rings. The molecule has 8 nitrogen and oxygen atoms in total. The normalized spacial score (nSPS) is 16.5. The number of anilines is 1. The van der Waals surface area contributed by atoms with Gasteiger partial charge in [0.25, 0.3) is 0 Å². The van der Waals surface area contributed by atoms with E-state index in [0.717, 1.165) is 36.1 Å². The molecule has 0 bridgehead atoms. The number of thiophene rings is 1. The molecule has 1 aliphatic carbocycles. The minimum Gasteiger partial charge on any atom is -0.462 e. The molecule has 0 radical (unpaired) electrons. The Labute approximate surface area is 188 Å². The van der Waals surface area contributed by atoms with Gasteiger partial charge in [-0.1, -0.05) is 6.92 Å². The second-order valence-corrected chi connectivity index (χ2v) is 9.16. The molecule has 2 N–H and O–H groups in total. The number of hydrogen-bond acceptors (Lipinski definition) is 7. The van der Waals surface area contributed by atoms with Crippen molar-refractivity contribution >= 4 is 34.1 Å². The highest BCUT2D eigenvalue weighted by Gasteiger charge is 2.30. The number of nitrogens with zero attached hydrogens (tertiary/aromatic N) is 1. The molecule has 1 aromatic rings. The van der Waals surface area contributed by atoms with Crippen molar-refractivity contribution in [2.75, 3.05) is 45.8 Å². The summed E-state index contributed by atoms with van der Waals surface area (Å²) in [7, 11) is 3.35. The van der Waals surface area contributed by atoms with E-state index < -0.39 is 6.04 Å². The summed E-state index contributed by atoms with van der Waals surface area (Å²) in [6.07, 6.45) is 3.47. The SMILES string of the molecule is CCOC(=O)c1c(NC(=O)C(C)N(C)CC(=O)NCCCOC)sc2c1CCC(C)C2. The van der Waals surface area contributed by atoms with Crippen LogP contribution in [0.15, 0.2) is 0 Å². The van der Waals surface area contributed by atoms with Crippen molar-refractivity contribution in [3.63, 3.8) is 0 Å². The predicted octanol–water partition coefficient (Wildman–Crippen LogP) is 2.46. The van der Waals surface area contributed by atoms with Crippen LogP contribution in [0.25, 0.3) is 0 Å². The van der Waals surface area contributed by atoms with Crippen molar-refractivity contribution in [3.8, 4) is 0 Å². The highest BCUT2D eigenvalue weighted by molar-refractivity contribution is 7.17. The lowest BCUT2D eigenvalue weighted by atomic mass is 9.88. The smallest absolute Gasteiger partial charge is 0.341 e. The molecule has 0 aliphatic heterocycles. The van der Waals surface area contributed by atoms with E-state index in [1.807, 2.05) is 0 Å². The number of fused-ring (bicyclic) bond motifs is 1. The first-order valence-corrected chi connectivity index (χ1v) is 11.7. The zero-order valence-electron chi connectivity index (χ0n) is 19.2. The van der Waals surface area contributed by atoms with Gasteiger partial charge in [-0.15, -0.1) is 11.3 Å². The zero-order chi connectivity index (χ0) is 23.0. The largest absolute Gasteiger partial charge is 0.462 e. The van der Waals surface area contributed by atoms with E-state index in [0.29, 0.717) is 29.6 Å². The summed E-state index contributed by atoms with van der Waals surface area (Å²) >= 11 is 1.46. The topological polar surface area (TPSA) is 97.0 Å². The third-order valence-electron chi connectivity index (χ3n) is 5.51. The maximum absolute atomic E-state index is 12.9. The number of ether oxygens (including phenoxy) is 2. The van der Waals surface area contributed by atoms with Crippen molar-refractivity contribution in [2.24, 2.45) is 5.92 Å². The molecule has 1 aliphatic rings. The summed E-state index contributed by atoms with van der Waals surface area (Å²) in [5.74, 6) is -0.239. The van der Waals surface area contributed by atoms with Gasteiger partial charge in [0, 0.05) is 25.1 Å². The number of hydrogen-bond donors (Lipinski definition) is 2. The van der Waals surface area contributed by atoms with Gasteiger partial charge in [-0.2, -0.15) is 0 Å². The first-order valence-electron chi connectivity index (χ1n) is 10.9. The minimum atomic E-state index is -0.544. The van der Waals surface area contributed by atoms with Crippen molar-refractivity contribution in [2.45, 2.75) is 52.5 Å². The van der Waals surface area contributed by atoms with Crippen LogP contribution in [0, 0.1) is 5.92 Å². The van der Waals surface area contributed by atoms with Gasteiger partial charge in [-0.25, -0.2) is 4.79 Å². The number of esters is 1. The Balaban J connectivity index is 2.04. The van der Waals surface area contributed by atoms with Crippen LogP contribution in [0.3, 0.4) is 0 Å². The Kier molecular flexibility index (Phi) is 9.93. The lowest BCUT2D eigenvalue weighted by molar-refractivity contribution is -0.124. The van der Waals surface area contributed by atoms with Crippen molar-refractivity contribution in [1.29, 1.82) is 0 Å². The minimum absolute atomic E-state index is 0.102. The third-order valence-corrected chi connectivity index (χ3v) is 6.68. The van der Waals surface area contributed by atoms with Crippen LogP contribution in [0.4, 0.5) is 5.00 Å². The molecule has 174 valence electrons. The van der Waals surface area contributed by atoms with Gasteiger partial charge in [-0.3, -0.25) is 14.5 Å². The average Bonchev–Trinajstić information content (AvgIpc) is 3.07. The maximum atomic E-state index is 12.9. The summed E-state index contributed by atoms with van der Waals surface area (Å²) in [5, 5.41) is 6.29. The molecule has 0 spiro atoms. The lowest BCUT2D eigenvalue weighted by Gasteiger charge is -2.23. The van der Waals surface area contributed by atoms with E-state index in [-0.39, 0.29) is 30.9 Å². The van der Waals surface area contributed by atoms with Crippen LogP contribution >= 0.6 is 11.3 Å². The maximum Gasteiger partial charge on any atom is 0.341 e. The van der Waals surface area contributed by atoms with Gasteiger partial charge < -0.3 is 20.1 Å². The molecule has 0 saturated carbocycles. The Bertz CT molecular complexity index is 779. The van der Waals surface area contributed by atoms with E-state index >= 15 is 0 Å². The van der Waals surface area contributed by atoms with Gasteiger partial charge in [0.15, 0.2) is 0 Å². The molecule has 2 amide bonds. The molecule has 1 heterocycles. The highest BCUT2D eigenvalue weighted by atomic mass is 32.1. The van der Waals surface area contributed by atoms with Crippen molar-refractivity contribution in [1.82, 2.24) is 10.2 Å². The van der Waals surface area contributed by atoms with Crippen molar-refractivity contribution < 1.29 is 23.9 Å². The monoisotopic (exact) mass is 453 g/mol. The molecule has 0 aromatic carbocycles. The van der Waals surface area contributed by atoms with Crippen LogP contribution in [0.5, 0.6) is 0 Å². The average molecular weight is 454 g/mol. The molecule has 2 unspecified atom stereocenters. The van der Waals surface area contributed by atoms with Gasteiger partial charge in [0.05, 0.1) is 24.8 Å². The van der Waals surface area contributed by atoms with E-state index in [4.69, 9.17) is 9.47 Å². The lowest BCUT2D eigenvalue weighted by Crippen LogP contribution is -2.45. The number of methoxy groups -OCH3 is 1. The Morgan fingerprint density at radius 1 is 1.32 bits per heavy atom. The van der Waals surface area contributed by atoms with Crippen LogP contribution in [0.1, 0.15) is 54.4 Å². The first-order chi connectivity index (χ1) is 14.8. The van der Waals surface area contributed by atoms with Gasteiger partial charge in [0.1, 0.15) is 5.00 Å². The summed E-state index contributed by atoms with van der Waals surface area (Å²) in [6, 6.07) is -0.544. The fourth-order valence-electron chi connectivity index (χ4n) is 3.54. The number of carbonyl (C=O) groups is 3. The zero-order valence-corrected chi connectivity index (χ0v) is 20.0. The predicted molar refractivity (Wildman–Crippen MR) is 122 cm³/mol. The molecule has 0 saturated heterocycles. The molecule has 2 rings (SSSR count). The summed E-state index contributed by atoms with van der Waals surface area (Å²) in [6.45, 7) is 7.21. The number of likely N-dealkylation sites (N-methyl/N-ethyl adjacent to an activating group) is 1. The molecule has 1 aromatic heterocycles. The summed E-state index contributed by atoms with van der Waals surface area (Å²) in [4.78, 5) is 40.4. The Hall–Kier alpha value is -1.97. The molecular weight excluding hydrogens is 418 g/mol. The van der Waals surface area contributed by atoms with E-state index in [9.17, 15) is 14.4 Å². The van der Waals surface area contributed by atoms with Crippen LogP contribution in [-0.2, 0) is 31.9 Å². The quantitative estimate of drug-likeness (QED) is 0.395. The van der Waals surface area contributed by atoms with E-state index in [1.165, 1.54) is 11.3 Å². The third kappa shape index (κ3) is 7.02. The number of nitrogens with one attached hydrogen (secondary N) is 2. The van der Waals surface area contributed by atoms with Crippen LogP contribution in [-0.4, -0.2) is 69.2 Å². The number of carbonyl (C=O) groups excluding carboxylic acids is 3. The summed E-state index contributed by atoms with van der Waals surface area (Å²) < 4.78 is 10.2. The molecule has 31 heavy (non-hydrogen) atoms. The second kappa shape index (κ2) is 12.2. The summed E-state index contributed by atoms with van der Waals surface area (Å²) in [5.41, 5.74) is 1.50. The van der Waals surface area contributed by atoms with Gasteiger partial charge >= 0.3 is 5.97 Å². The van der Waals surface area contributed by atoms with Crippen LogP contribution < -0.4 is 10.6 Å². The number of amides is 2. The Morgan fingerprint density at radius 2 is 2.06 bits per heavy atom. The standard InChI is InChI=1S/C22H35N3O5S/c1-6-30-22(28)19-16-9-8-14(2)12-17(16)31-21(19)24-20(27)15(3)25(4)13-18(26)23-10-7-11-29-5/h14-15H,6-13H2,1-5H3,(H,23,26)(H,24,27). The van der Waals surface area contributed by atoms with E-state index in [1.54, 1.807) is 32.9 Å².